The Morgan fingerprint density at radius 2 is 2.19 bits per heavy atom. The minimum atomic E-state index is -0.422. The first-order valence-corrected chi connectivity index (χ1v) is 5.24. The third-order valence-corrected chi connectivity index (χ3v) is 3.05. The second-order valence-electron chi connectivity index (χ2n) is 3.98. The van der Waals surface area contributed by atoms with Crippen molar-refractivity contribution in [1.82, 2.24) is 0 Å². The molecular weight excluding hydrogens is 206 g/mol. The number of fused-ring (bicyclic) bond motifs is 1. The second kappa shape index (κ2) is 4.43. The molecule has 0 spiro atoms. The zero-order chi connectivity index (χ0) is 11.5. The van der Waals surface area contributed by atoms with Crippen LogP contribution in [0.5, 0.6) is 0 Å². The van der Waals surface area contributed by atoms with Crippen molar-refractivity contribution in [2.45, 2.75) is 18.9 Å². The highest BCUT2D eigenvalue weighted by molar-refractivity contribution is 5.73. The van der Waals surface area contributed by atoms with Gasteiger partial charge in [0.1, 0.15) is 6.04 Å². The van der Waals surface area contributed by atoms with Crippen molar-refractivity contribution in [1.29, 1.82) is 0 Å². The summed E-state index contributed by atoms with van der Waals surface area (Å²) < 4.78 is 4.71. The van der Waals surface area contributed by atoms with Gasteiger partial charge in [0.05, 0.1) is 13.0 Å². The third-order valence-electron chi connectivity index (χ3n) is 3.05. The first-order chi connectivity index (χ1) is 7.76. The molecule has 0 N–H and O–H groups in total. The fraction of sp³-hybridized carbons (Fsp3) is 0.417. The Kier molecular flexibility index (Phi) is 2.99. The molecule has 4 nitrogen and oxygen atoms in total. The maximum Gasteiger partial charge on any atom is 0.309 e. The lowest BCUT2D eigenvalue weighted by Crippen LogP contribution is -2.25. The normalized spacial score (nSPS) is 23.3. The van der Waals surface area contributed by atoms with Crippen LogP contribution in [0, 0.1) is 10.8 Å². The quantitative estimate of drug-likeness (QED) is 0.566. The number of nitrogens with zero attached hydrogens (tertiary/aromatic N) is 1. The number of methoxy groups -OCH3 is 1. The van der Waals surface area contributed by atoms with Crippen LogP contribution < -0.4 is 0 Å². The van der Waals surface area contributed by atoms with Crippen LogP contribution in [-0.4, -0.2) is 13.1 Å². The molecule has 2 atom stereocenters. The van der Waals surface area contributed by atoms with Gasteiger partial charge in [0.15, 0.2) is 0 Å². The number of ether oxygens (including phenoxy) is 1. The summed E-state index contributed by atoms with van der Waals surface area (Å²) in [7, 11) is 1.37. The zero-order valence-electron chi connectivity index (χ0n) is 9.05. The van der Waals surface area contributed by atoms with Crippen molar-refractivity contribution in [3.63, 3.8) is 0 Å². The molecule has 0 fully saturated rings. The lowest BCUT2D eigenvalue weighted by Gasteiger charge is -2.25. The van der Waals surface area contributed by atoms with E-state index in [0.29, 0.717) is 12.8 Å². The lowest BCUT2D eigenvalue weighted by atomic mass is 9.81. The molecule has 0 heterocycles. The molecule has 84 valence electrons. The Morgan fingerprint density at radius 3 is 2.88 bits per heavy atom. The number of rotatable bonds is 2. The van der Waals surface area contributed by atoms with E-state index in [4.69, 9.17) is 4.74 Å². The maximum atomic E-state index is 11.5. The molecule has 4 heteroatoms. The van der Waals surface area contributed by atoms with Gasteiger partial charge in [-0.15, -0.1) is 0 Å². The van der Waals surface area contributed by atoms with Crippen LogP contribution in [-0.2, 0) is 16.0 Å². The maximum absolute atomic E-state index is 11.5. The number of benzene rings is 1. The van der Waals surface area contributed by atoms with Gasteiger partial charge in [-0.3, -0.25) is 4.79 Å². The molecule has 0 bridgehead atoms. The summed E-state index contributed by atoms with van der Waals surface area (Å²) in [6.45, 7) is 0. The van der Waals surface area contributed by atoms with E-state index in [1.807, 2.05) is 24.3 Å². The first-order valence-electron chi connectivity index (χ1n) is 5.24. The van der Waals surface area contributed by atoms with Crippen LogP contribution >= 0.6 is 0 Å². The summed E-state index contributed by atoms with van der Waals surface area (Å²) in [6.07, 6.45) is 1.09. The molecule has 0 saturated heterocycles. The second-order valence-corrected chi connectivity index (χ2v) is 3.98. The highest BCUT2D eigenvalue weighted by atomic mass is 16.5. The monoisotopic (exact) mass is 219 g/mol. The molecule has 2 rings (SSSR count). The van der Waals surface area contributed by atoms with E-state index in [1.165, 1.54) is 7.11 Å². The van der Waals surface area contributed by atoms with Gasteiger partial charge in [-0.2, -0.15) is 4.91 Å². The molecule has 1 aliphatic rings. The molecular formula is C12H13NO3. The molecule has 0 amide bonds. The summed E-state index contributed by atoms with van der Waals surface area (Å²) in [5.41, 5.74) is 1.96. The smallest absolute Gasteiger partial charge is 0.309 e. The van der Waals surface area contributed by atoms with Crippen molar-refractivity contribution in [2.75, 3.05) is 7.11 Å². The molecule has 16 heavy (non-hydrogen) atoms. The highest BCUT2D eigenvalue weighted by Gasteiger charge is 2.32. The predicted molar refractivity (Wildman–Crippen MR) is 58.8 cm³/mol. The van der Waals surface area contributed by atoms with Crippen molar-refractivity contribution < 1.29 is 9.53 Å². The number of esters is 1. The summed E-state index contributed by atoms with van der Waals surface area (Å²) in [5.74, 6) is -0.509. The Hall–Kier alpha value is -1.71. The van der Waals surface area contributed by atoms with Gasteiger partial charge in [-0.25, -0.2) is 0 Å². The van der Waals surface area contributed by atoms with E-state index in [9.17, 15) is 9.70 Å². The number of hydrogen-bond donors (Lipinski definition) is 0. The van der Waals surface area contributed by atoms with E-state index < -0.39 is 6.04 Å². The standard InChI is InChI=1S/C12H13NO3/c1-16-12(14)9-6-8-4-2-3-5-10(8)11(7-9)13-15/h2-5,9,11H,6-7H2,1H3. The molecule has 2 unspecified atom stereocenters. The number of hydrogen-bond acceptors (Lipinski definition) is 4. The Morgan fingerprint density at radius 1 is 1.44 bits per heavy atom. The number of carbonyl (C=O) groups excluding carboxylic acids is 1. The van der Waals surface area contributed by atoms with Crippen molar-refractivity contribution >= 4 is 5.97 Å². The lowest BCUT2D eigenvalue weighted by molar-refractivity contribution is -0.146. The van der Waals surface area contributed by atoms with Gasteiger partial charge >= 0.3 is 5.97 Å². The van der Waals surface area contributed by atoms with Crippen molar-refractivity contribution in [3.05, 3.63) is 40.3 Å². The fourth-order valence-electron chi connectivity index (χ4n) is 2.24. The van der Waals surface area contributed by atoms with E-state index in [2.05, 4.69) is 5.18 Å². The van der Waals surface area contributed by atoms with Gasteiger partial charge < -0.3 is 4.74 Å². The predicted octanol–water partition coefficient (Wildman–Crippen LogP) is 2.23. The van der Waals surface area contributed by atoms with E-state index in [-0.39, 0.29) is 11.9 Å². The fourth-order valence-corrected chi connectivity index (χ4v) is 2.24. The molecule has 1 aromatic rings. The SMILES string of the molecule is COC(=O)C1Cc2ccccc2C(N=O)C1. The molecule has 0 saturated carbocycles. The average Bonchev–Trinajstić information content (AvgIpc) is 2.36. The largest absolute Gasteiger partial charge is 0.469 e. The van der Waals surface area contributed by atoms with Crippen molar-refractivity contribution in [2.24, 2.45) is 11.1 Å². The van der Waals surface area contributed by atoms with E-state index >= 15 is 0 Å². The van der Waals surface area contributed by atoms with Crippen LogP contribution in [0.4, 0.5) is 0 Å². The molecule has 0 radical (unpaired) electrons. The number of carbonyl (C=O) groups is 1. The van der Waals surface area contributed by atoms with E-state index in [0.717, 1.165) is 11.1 Å². The van der Waals surface area contributed by atoms with Gasteiger partial charge in [0.2, 0.25) is 0 Å². The first kappa shape index (κ1) is 10.8. The molecule has 0 aromatic heterocycles. The summed E-state index contributed by atoms with van der Waals surface area (Å²) in [5, 5.41) is 3.10. The van der Waals surface area contributed by atoms with Gasteiger partial charge in [-0.1, -0.05) is 29.4 Å². The van der Waals surface area contributed by atoms with E-state index in [1.54, 1.807) is 0 Å². The van der Waals surface area contributed by atoms with Crippen LogP contribution in [0.15, 0.2) is 29.4 Å². The summed E-state index contributed by atoms with van der Waals surface area (Å²) >= 11 is 0. The Balaban J connectivity index is 2.32. The molecule has 1 aromatic carbocycles. The average molecular weight is 219 g/mol. The van der Waals surface area contributed by atoms with Crippen LogP contribution in [0.1, 0.15) is 23.6 Å². The summed E-state index contributed by atoms with van der Waals surface area (Å²) in [4.78, 5) is 22.2. The zero-order valence-corrected chi connectivity index (χ0v) is 9.05. The third kappa shape index (κ3) is 1.83. The highest BCUT2D eigenvalue weighted by Crippen LogP contribution is 2.35. The van der Waals surface area contributed by atoms with Crippen molar-refractivity contribution in [3.8, 4) is 0 Å². The molecule has 0 aliphatic heterocycles. The minimum absolute atomic E-state index is 0.248. The Labute approximate surface area is 93.6 Å². The van der Waals surface area contributed by atoms with Crippen LogP contribution in [0.3, 0.4) is 0 Å². The van der Waals surface area contributed by atoms with Gasteiger partial charge in [0, 0.05) is 0 Å². The number of nitroso groups, excluding NO2 is 1. The minimum Gasteiger partial charge on any atom is -0.469 e. The Bertz CT molecular complexity index is 416. The molecule has 1 aliphatic carbocycles. The van der Waals surface area contributed by atoms with Crippen LogP contribution in [0.25, 0.3) is 0 Å². The summed E-state index contributed by atoms with van der Waals surface area (Å²) in [6, 6.07) is 7.20. The van der Waals surface area contributed by atoms with Gasteiger partial charge in [-0.05, 0) is 24.0 Å². The van der Waals surface area contributed by atoms with Crippen LogP contribution in [0.2, 0.25) is 0 Å². The topological polar surface area (TPSA) is 55.7 Å². The van der Waals surface area contributed by atoms with Gasteiger partial charge in [0.25, 0.3) is 0 Å².